The highest BCUT2D eigenvalue weighted by molar-refractivity contribution is 5.71. The second-order valence-corrected chi connectivity index (χ2v) is 5.91. The number of aryl methyl sites for hydroxylation is 1. The zero-order valence-corrected chi connectivity index (χ0v) is 13.0. The molecular weight excluding hydrogens is 294 g/mol. The molecule has 0 spiro atoms. The molecule has 0 atom stereocenters. The van der Waals surface area contributed by atoms with Crippen LogP contribution < -0.4 is 5.32 Å². The Morgan fingerprint density at radius 1 is 1.30 bits per heavy atom. The lowest BCUT2D eigenvalue weighted by molar-refractivity contribution is 0.0605. The standard InChI is InChI=1S/C15H19N7O/c1-10-6-13(21-20-10)18-14-8-16-12-7-17-22(15(12)19-14)9-11-2-4-23-5-3-11/h6-8,11H,2-5,9H2,1H3,(H2,18,19,20,21). The van der Waals surface area contributed by atoms with Gasteiger partial charge in [0.15, 0.2) is 17.3 Å². The summed E-state index contributed by atoms with van der Waals surface area (Å²) in [7, 11) is 0. The Hall–Kier alpha value is -2.48. The third-order valence-electron chi connectivity index (χ3n) is 4.08. The molecule has 23 heavy (non-hydrogen) atoms. The largest absolute Gasteiger partial charge is 0.381 e. The topological polar surface area (TPSA) is 93.5 Å². The molecule has 1 fully saturated rings. The molecule has 3 aromatic heterocycles. The van der Waals surface area contributed by atoms with Crippen molar-refractivity contribution in [2.75, 3.05) is 18.5 Å². The van der Waals surface area contributed by atoms with Crippen molar-refractivity contribution in [3.8, 4) is 0 Å². The van der Waals surface area contributed by atoms with Crippen LogP contribution in [0.15, 0.2) is 18.5 Å². The third-order valence-corrected chi connectivity index (χ3v) is 4.08. The summed E-state index contributed by atoms with van der Waals surface area (Å²) in [5.74, 6) is 1.98. The summed E-state index contributed by atoms with van der Waals surface area (Å²) in [4.78, 5) is 9.07. The summed E-state index contributed by atoms with van der Waals surface area (Å²) in [6, 6.07) is 1.92. The summed E-state index contributed by atoms with van der Waals surface area (Å²) in [5, 5.41) is 14.7. The van der Waals surface area contributed by atoms with E-state index in [9.17, 15) is 0 Å². The molecule has 3 aromatic rings. The van der Waals surface area contributed by atoms with Crippen molar-refractivity contribution in [3.05, 3.63) is 24.2 Å². The van der Waals surface area contributed by atoms with Gasteiger partial charge in [-0.15, -0.1) is 0 Å². The number of hydrogen-bond donors (Lipinski definition) is 2. The van der Waals surface area contributed by atoms with Gasteiger partial charge in [-0.3, -0.25) is 5.10 Å². The van der Waals surface area contributed by atoms with Crippen LogP contribution in [0.5, 0.6) is 0 Å². The number of aromatic nitrogens is 6. The van der Waals surface area contributed by atoms with Gasteiger partial charge in [0, 0.05) is 31.5 Å². The van der Waals surface area contributed by atoms with Crippen molar-refractivity contribution < 1.29 is 4.74 Å². The minimum atomic E-state index is 0.583. The highest BCUT2D eigenvalue weighted by Crippen LogP contribution is 2.20. The van der Waals surface area contributed by atoms with Crippen molar-refractivity contribution in [2.24, 2.45) is 5.92 Å². The minimum absolute atomic E-state index is 0.583. The maximum Gasteiger partial charge on any atom is 0.178 e. The molecule has 0 saturated carbocycles. The van der Waals surface area contributed by atoms with E-state index in [1.807, 2.05) is 17.7 Å². The number of anilines is 2. The Labute approximate surface area is 133 Å². The molecule has 0 unspecified atom stereocenters. The molecule has 0 amide bonds. The summed E-state index contributed by atoms with van der Waals surface area (Å²) < 4.78 is 7.36. The molecule has 120 valence electrons. The van der Waals surface area contributed by atoms with Crippen molar-refractivity contribution in [1.82, 2.24) is 29.9 Å². The number of nitrogens with zero attached hydrogens (tertiary/aromatic N) is 5. The van der Waals surface area contributed by atoms with Crippen LogP contribution in [-0.4, -0.2) is 43.2 Å². The summed E-state index contributed by atoms with van der Waals surface area (Å²) in [6.45, 7) is 4.48. The van der Waals surface area contributed by atoms with Gasteiger partial charge in [-0.05, 0) is 25.7 Å². The molecule has 8 nitrogen and oxygen atoms in total. The van der Waals surface area contributed by atoms with Crippen molar-refractivity contribution in [2.45, 2.75) is 26.3 Å². The van der Waals surface area contributed by atoms with Crippen LogP contribution in [0.25, 0.3) is 11.2 Å². The number of fused-ring (bicyclic) bond motifs is 1. The molecule has 0 aromatic carbocycles. The van der Waals surface area contributed by atoms with Gasteiger partial charge in [-0.1, -0.05) is 0 Å². The first-order valence-electron chi connectivity index (χ1n) is 7.83. The third kappa shape index (κ3) is 3.02. The average molecular weight is 313 g/mol. The Bertz CT molecular complexity index is 803. The molecule has 1 saturated heterocycles. The lowest BCUT2D eigenvalue weighted by Gasteiger charge is -2.21. The molecule has 0 aliphatic carbocycles. The fraction of sp³-hybridized carbons (Fsp3) is 0.467. The number of rotatable bonds is 4. The smallest absolute Gasteiger partial charge is 0.178 e. The van der Waals surface area contributed by atoms with E-state index in [1.165, 1.54) is 0 Å². The zero-order valence-electron chi connectivity index (χ0n) is 13.0. The maximum atomic E-state index is 5.42. The molecule has 1 aliphatic rings. The lowest BCUT2D eigenvalue weighted by atomic mass is 10.0. The number of H-pyrrole nitrogens is 1. The first-order chi connectivity index (χ1) is 11.3. The van der Waals surface area contributed by atoms with Gasteiger partial charge in [-0.25, -0.2) is 14.6 Å². The molecule has 4 heterocycles. The van der Waals surface area contributed by atoms with Crippen LogP contribution in [0, 0.1) is 12.8 Å². The van der Waals surface area contributed by atoms with Gasteiger partial charge in [-0.2, -0.15) is 10.2 Å². The van der Waals surface area contributed by atoms with E-state index in [2.05, 4.69) is 30.6 Å². The van der Waals surface area contributed by atoms with E-state index in [0.717, 1.165) is 55.3 Å². The molecule has 4 rings (SSSR count). The second kappa shape index (κ2) is 5.96. The summed E-state index contributed by atoms with van der Waals surface area (Å²) in [6.07, 6.45) is 5.61. The molecule has 8 heteroatoms. The number of nitrogens with one attached hydrogen (secondary N) is 2. The van der Waals surface area contributed by atoms with Crippen LogP contribution in [0.1, 0.15) is 18.5 Å². The Kier molecular flexibility index (Phi) is 3.66. The lowest BCUT2D eigenvalue weighted by Crippen LogP contribution is -2.21. The van der Waals surface area contributed by atoms with E-state index >= 15 is 0 Å². The highest BCUT2D eigenvalue weighted by atomic mass is 16.5. The quantitative estimate of drug-likeness (QED) is 0.765. The van der Waals surface area contributed by atoms with Crippen molar-refractivity contribution >= 4 is 22.8 Å². The second-order valence-electron chi connectivity index (χ2n) is 5.91. The van der Waals surface area contributed by atoms with Crippen LogP contribution in [0.2, 0.25) is 0 Å². The van der Waals surface area contributed by atoms with E-state index in [-0.39, 0.29) is 0 Å². The van der Waals surface area contributed by atoms with Crippen LogP contribution in [0.3, 0.4) is 0 Å². The number of hydrogen-bond acceptors (Lipinski definition) is 6. The van der Waals surface area contributed by atoms with Crippen molar-refractivity contribution in [1.29, 1.82) is 0 Å². The summed E-state index contributed by atoms with van der Waals surface area (Å²) >= 11 is 0. The van der Waals surface area contributed by atoms with Crippen LogP contribution in [0.4, 0.5) is 11.6 Å². The Balaban J connectivity index is 1.57. The average Bonchev–Trinajstić information content (AvgIpc) is 3.15. The maximum absolute atomic E-state index is 5.42. The fourth-order valence-electron chi connectivity index (χ4n) is 2.83. The molecule has 1 aliphatic heterocycles. The Morgan fingerprint density at radius 2 is 2.17 bits per heavy atom. The predicted molar refractivity (Wildman–Crippen MR) is 85.5 cm³/mol. The SMILES string of the molecule is Cc1cc(Nc2cnc3cnn(CC4CCOCC4)c3n2)n[nH]1. The number of ether oxygens (including phenoxy) is 1. The molecular formula is C15H19N7O. The van der Waals surface area contributed by atoms with Crippen LogP contribution >= 0.6 is 0 Å². The molecule has 2 N–H and O–H groups in total. The van der Waals surface area contributed by atoms with Crippen molar-refractivity contribution in [3.63, 3.8) is 0 Å². The molecule has 0 bridgehead atoms. The fourth-order valence-corrected chi connectivity index (χ4v) is 2.83. The Morgan fingerprint density at radius 3 is 2.96 bits per heavy atom. The van der Waals surface area contributed by atoms with E-state index in [0.29, 0.717) is 11.7 Å². The summed E-state index contributed by atoms with van der Waals surface area (Å²) in [5.41, 5.74) is 2.60. The number of aromatic amines is 1. The van der Waals surface area contributed by atoms with Gasteiger partial charge in [0.2, 0.25) is 0 Å². The predicted octanol–water partition coefficient (Wildman–Crippen LogP) is 2.03. The monoisotopic (exact) mass is 313 g/mol. The van der Waals surface area contributed by atoms with Gasteiger partial charge in [0.25, 0.3) is 0 Å². The normalized spacial score (nSPS) is 16.0. The van der Waals surface area contributed by atoms with Crippen LogP contribution in [-0.2, 0) is 11.3 Å². The van der Waals surface area contributed by atoms with E-state index in [4.69, 9.17) is 4.74 Å². The van der Waals surface area contributed by atoms with E-state index in [1.54, 1.807) is 12.4 Å². The first kappa shape index (κ1) is 14.1. The van der Waals surface area contributed by atoms with Gasteiger partial charge < -0.3 is 10.1 Å². The zero-order chi connectivity index (χ0) is 15.6. The van der Waals surface area contributed by atoms with Gasteiger partial charge in [0.1, 0.15) is 5.52 Å². The van der Waals surface area contributed by atoms with E-state index < -0.39 is 0 Å². The van der Waals surface area contributed by atoms with Gasteiger partial charge >= 0.3 is 0 Å². The van der Waals surface area contributed by atoms with Gasteiger partial charge in [0.05, 0.1) is 12.4 Å². The molecule has 0 radical (unpaired) electrons. The minimum Gasteiger partial charge on any atom is -0.381 e. The highest BCUT2D eigenvalue weighted by Gasteiger charge is 2.17. The first-order valence-corrected chi connectivity index (χ1v) is 7.83.